The molecule has 4 heteroatoms. The fourth-order valence-corrected chi connectivity index (χ4v) is 0.910. The van der Waals surface area contributed by atoms with E-state index in [0.717, 1.165) is 0 Å². The van der Waals surface area contributed by atoms with Crippen molar-refractivity contribution in [3.05, 3.63) is 16.4 Å². The largest absolute Gasteiger partial charge is 0.256 e. The minimum absolute atomic E-state index is 0.495. The van der Waals surface area contributed by atoms with E-state index in [1.807, 2.05) is 6.07 Å². The highest BCUT2D eigenvalue weighted by molar-refractivity contribution is 9.10. The first-order chi connectivity index (χ1) is 4.25. The van der Waals surface area contributed by atoms with Crippen molar-refractivity contribution in [3.63, 3.8) is 0 Å². The maximum Gasteiger partial charge on any atom is 0.153 e. The fraction of sp³-hybridized carbons (Fsp3) is 0.200. The normalized spacial score (nSPS) is 9.00. The second-order valence-corrected chi connectivity index (χ2v) is 2.30. The third-order valence-corrected chi connectivity index (χ3v) is 1.49. The Morgan fingerprint density at radius 3 is 2.78 bits per heavy atom. The van der Waals surface area contributed by atoms with Crippen molar-refractivity contribution >= 4 is 15.9 Å². The van der Waals surface area contributed by atoms with Crippen molar-refractivity contribution in [1.82, 2.24) is 9.78 Å². The molecule has 0 amide bonds. The van der Waals surface area contributed by atoms with Crippen LogP contribution in [0.1, 0.15) is 5.69 Å². The minimum Gasteiger partial charge on any atom is -0.256 e. The third-order valence-electron chi connectivity index (χ3n) is 0.936. The number of aromatic nitrogens is 2. The molecule has 1 aromatic heterocycles. The molecule has 1 heterocycles. The molecule has 0 bridgehead atoms. The van der Waals surface area contributed by atoms with Gasteiger partial charge in [-0.05, 0) is 15.9 Å². The average molecular weight is 185 g/mol. The molecule has 0 atom stereocenters. The highest BCUT2D eigenvalue weighted by Crippen LogP contribution is 2.11. The first-order valence-corrected chi connectivity index (χ1v) is 3.05. The Kier molecular flexibility index (Phi) is 1.54. The van der Waals surface area contributed by atoms with Crippen molar-refractivity contribution in [2.24, 2.45) is 7.05 Å². The summed E-state index contributed by atoms with van der Waals surface area (Å²) in [5.41, 5.74) is 0.495. The molecule has 1 rings (SSSR count). The van der Waals surface area contributed by atoms with Crippen LogP contribution >= 0.6 is 15.9 Å². The molecule has 0 aliphatic heterocycles. The molecule has 1 radical (unpaired) electrons. The highest BCUT2D eigenvalue weighted by Gasteiger charge is 2.02. The Labute approximate surface area is 61.0 Å². The zero-order valence-corrected chi connectivity index (χ0v) is 6.31. The van der Waals surface area contributed by atoms with Crippen molar-refractivity contribution in [2.75, 3.05) is 0 Å². The summed E-state index contributed by atoms with van der Waals surface area (Å²) in [5.74, 6) is 0. The zero-order valence-electron chi connectivity index (χ0n) is 4.72. The lowest BCUT2D eigenvalue weighted by Gasteiger charge is -1.86. The van der Waals surface area contributed by atoms with Crippen molar-refractivity contribution in [1.29, 1.82) is 5.26 Å². The van der Waals surface area contributed by atoms with Gasteiger partial charge in [0.15, 0.2) is 5.69 Å². The summed E-state index contributed by atoms with van der Waals surface area (Å²) < 4.78 is 2.08. The molecule has 0 aromatic carbocycles. The SMILES string of the molecule is Cn1n[c]c(Br)c1C#N. The van der Waals surface area contributed by atoms with Crippen LogP contribution in [-0.2, 0) is 7.05 Å². The zero-order chi connectivity index (χ0) is 6.85. The predicted molar refractivity (Wildman–Crippen MR) is 34.5 cm³/mol. The molecular formula is C5H3BrN3. The van der Waals surface area contributed by atoms with E-state index >= 15 is 0 Å². The van der Waals surface area contributed by atoms with Gasteiger partial charge in [-0.25, -0.2) is 0 Å². The van der Waals surface area contributed by atoms with Gasteiger partial charge in [-0.2, -0.15) is 10.4 Å². The topological polar surface area (TPSA) is 41.6 Å². The van der Waals surface area contributed by atoms with Gasteiger partial charge in [-0.15, -0.1) is 0 Å². The van der Waals surface area contributed by atoms with Gasteiger partial charge in [0, 0.05) is 7.05 Å². The number of hydrogen-bond donors (Lipinski definition) is 0. The standard InChI is InChI=1S/C5H3BrN3/c1-9-5(2-7)4(6)3-8-9/h1H3. The van der Waals surface area contributed by atoms with Gasteiger partial charge in [-0.3, -0.25) is 4.68 Å². The average Bonchev–Trinajstić information content (AvgIpc) is 2.12. The quantitative estimate of drug-likeness (QED) is 0.601. The van der Waals surface area contributed by atoms with E-state index in [9.17, 15) is 0 Å². The molecule has 0 unspecified atom stereocenters. The summed E-state index contributed by atoms with van der Waals surface area (Å²) in [4.78, 5) is 0. The maximum absolute atomic E-state index is 8.43. The Balaban J connectivity index is 3.27. The molecule has 9 heavy (non-hydrogen) atoms. The van der Waals surface area contributed by atoms with Crippen LogP contribution in [0, 0.1) is 17.5 Å². The van der Waals surface area contributed by atoms with Crippen molar-refractivity contribution in [2.45, 2.75) is 0 Å². The summed E-state index contributed by atoms with van der Waals surface area (Å²) in [6.07, 6.45) is 2.59. The Morgan fingerprint density at radius 1 is 1.89 bits per heavy atom. The van der Waals surface area contributed by atoms with E-state index in [1.54, 1.807) is 7.05 Å². The summed E-state index contributed by atoms with van der Waals surface area (Å²) in [6, 6.07) is 1.97. The van der Waals surface area contributed by atoms with Crippen LogP contribution in [-0.4, -0.2) is 9.78 Å². The van der Waals surface area contributed by atoms with Gasteiger partial charge in [0.1, 0.15) is 12.3 Å². The van der Waals surface area contributed by atoms with Gasteiger partial charge in [0.25, 0.3) is 0 Å². The van der Waals surface area contributed by atoms with Gasteiger partial charge >= 0.3 is 0 Å². The molecule has 1 aromatic rings. The number of aryl methyl sites for hydroxylation is 1. The summed E-state index contributed by atoms with van der Waals surface area (Å²) in [6.45, 7) is 0. The van der Waals surface area contributed by atoms with Crippen LogP contribution in [0.4, 0.5) is 0 Å². The van der Waals surface area contributed by atoms with Gasteiger partial charge in [-0.1, -0.05) is 0 Å². The number of halogens is 1. The van der Waals surface area contributed by atoms with E-state index in [-0.39, 0.29) is 0 Å². The monoisotopic (exact) mass is 184 g/mol. The smallest absolute Gasteiger partial charge is 0.153 e. The molecule has 0 spiro atoms. The molecule has 0 saturated carbocycles. The van der Waals surface area contributed by atoms with Crippen LogP contribution < -0.4 is 0 Å². The van der Waals surface area contributed by atoms with E-state index in [0.29, 0.717) is 10.2 Å². The summed E-state index contributed by atoms with van der Waals surface area (Å²) in [7, 11) is 1.69. The fourth-order valence-electron chi connectivity index (χ4n) is 0.485. The molecule has 3 nitrogen and oxygen atoms in total. The minimum atomic E-state index is 0.495. The Bertz CT molecular complexity index is 238. The number of nitriles is 1. The van der Waals surface area contributed by atoms with E-state index in [4.69, 9.17) is 5.26 Å². The number of rotatable bonds is 0. The van der Waals surface area contributed by atoms with Gasteiger partial charge in [0.05, 0.1) is 4.47 Å². The Morgan fingerprint density at radius 2 is 2.56 bits per heavy atom. The summed E-state index contributed by atoms with van der Waals surface area (Å²) >= 11 is 3.12. The third kappa shape index (κ3) is 0.958. The van der Waals surface area contributed by atoms with Crippen LogP contribution in [0.15, 0.2) is 4.47 Å². The molecule has 45 valence electrons. The van der Waals surface area contributed by atoms with Crippen molar-refractivity contribution < 1.29 is 0 Å². The van der Waals surface area contributed by atoms with E-state index in [1.165, 1.54) is 4.68 Å². The number of hydrogen-bond acceptors (Lipinski definition) is 2. The van der Waals surface area contributed by atoms with E-state index in [2.05, 4.69) is 27.2 Å². The van der Waals surface area contributed by atoms with Gasteiger partial charge in [0.2, 0.25) is 0 Å². The lowest BCUT2D eigenvalue weighted by Crippen LogP contribution is -1.92. The first-order valence-electron chi connectivity index (χ1n) is 2.26. The summed E-state index contributed by atoms with van der Waals surface area (Å²) in [5, 5.41) is 12.1. The highest BCUT2D eigenvalue weighted by atomic mass is 79.9. The second-order valence-electron chi connectivity index (χ2n) is 1.51. The van der Waals surface area contributed by atoms with Gasteiger partial charge < -0.3 is 0 Å². The molecule has 0 N–H and O–H groups in total. The van der Waals surface area contributed by atoms with Crippen molar-refractivity contribution in [3.8, 4) is 6.07 Å². The Hall–Kier alpha value is -0.820. The molecule has 0 aliphatic carbocycles. The lowest BCUT2D eigenvalue weighted by molar-refractivity contribution is 0.753. The molecule has 0 fully saturated rings. The second kappa shape index (κ2) is 2.19. The number of nitrogens with zero attached hydrogens (tertiary/aromatic N) is 3. The predicted octanol–water partition coefficient (Wildman–Crippen LogP) is 0.854. The molecular weight excluding hydrogens is 182 g/mol. The van der Waals surface area contributed by atoms with E-state index < -0.39 is 0 Å². The molecule has 0 aliphatic rings. The lowest BCUT2D eigenvalue weighted by atomic mass is 10.5. The van der Waals surface area contributed by atoms with Crippen LogP contribution in [0.5, 0.6) is 0 Å². The van der Waals surface area contributed by atoms with Crippen LogP contribution in [0.2, 0.25) is 0 Å². The van der Waals surface area contributed by atoms with Crippen LogP contribution in [0.25, 0.3) is 0 Å². The first kappa shape index (κ1) is 6.30. The molecule has 0 saturated heterocycles. The van der Waals surface area contributed by atoms with Crippen LogP contribution in [0.3, 0.4) is 0 Å². The maximum atomic E-state index is 8.43.